The topological polar surface area (TPSA) is 126 Å². The van der Waals surface area contributed by atoms with Crippen molar-refractivity contribution in [3.8, 4) is 28.5 Å². The zero-order chi connectivity index (χ0) is 24.5. The quantitative estimate of drug-likeness (QED) is 0.349. The maximum absolute atomic E-state index is 13.1. The minimum absolute atomic E-state index is 0.00294. The zero-order valence-corrected chi connectivity index (χ0v) is 20.9. The molecule has 2 heterocycles. The van der Waals surface area contributed by atoms with Crippen LogP contribution >= 0.6 is 15.9 Å². The van der Waals surface area contributed by atoms with Crippen molar-refractivity contribution in [2.45, 2.75) is 4.90 Å². The predicted molar refractivity (Wildman–Crippen MR) is 134 cm³/mol. The summed E-state index contributed by atoms with van der Waals surface area (Å²) in [6.45, 7) is 0. The summed E-state index contributed by atoms with van der Waals surface area (Å²) in [5.74, 6) is 1.24. The van der Waals surface area contributed by atoms with Gasteiger partial charge in [0.15, 0.2) is 11.5 Å². The summed E-state index contributed by atoms with van der Waals surface area (Å²) in [4.78, 5) is 8.63. The largest absolute Gasteiger partial charge is 0.493 e. The van der Waals surface area contributed by atoms with Crippen LogP contribution < -0.4 is 24.7 Å². The maximum Gasteiger partial charge on any atom is 0.262 e. The summed E-state index contributed by atoms with van der Waals surface area (Å²) in [5, 5.41) is 0.863. The SMILES string of the molecule is COc1ccc(S(=O)(=O)Nc2cc(-c3ccc4nc(N)c(Br)cc4c3)cnc2OC)cc1OC. The summed E-state index contributed by atoms with van der Waals surface area (Å²) in [5.41, 5.74) is 8.28. The number of nitrogens with zero attached hydrogens (tertiary/aromatic N) is 2. The molecule has 0 radical (unpaired) electrons. The molecule has 11 heteroatoms. The number of hydrogen-bond acceptors (Lipinski definition) is 8. The normalized spacial score (nSPS) is 11.3. The van der Waals surface area contributed by atoms with Crippen LogP contribution in [0, 0.1) is 0 Å². The number of anilines is 2. The van der Waals surface area contributed by atoms with E-state index in [1.54, 1.807) is 12.3 Å². The average molecular weight is 545 g/mol. The molecule has 176 valence electrons. The number of benzene rings is 2. The van der Waals surface area contributed by atoms with Gasteiger partial charge in [-0.2, -0.15) is 0 Å². The van der Waals surface area contributed by atoms with E-state index in [9.17, 15) is 8.42 Å². The number of hydrogen-bond donors (Lipinski definition) is 2. The first-order valence-electron chi connectivity index (χ1n) is 9.90. The van der Waals surface area contributed by atoms with Gasteiger partial charge in [-0.25, -0.2) is 18.4 Å². The number of ether oxygens (including phenoxy) is 3. The number of sulfonamides is 1. The van der Waals surface area contributed by atoms with Crippen LogP contribution in [0.5, 0.6) is 17.4 Å². The van der Waals surface area contributed by atoms with Crippen molar-refractivity contribution in [2.75, 3.05) is 31.8 Å². The summed E-state index contributed by atoms with van der Waals surface area (Å²) in [6.07, 6.45) is 1.61. The Hall–Kier alpha value is -3.57. The first-order valence-corrected chi connectivity index (χ1v) is 12.2. The fraction of sp³-hybridized carbons (Fsp3) is 0.130. The Morgan fingerprint density at radius 1 is 0.912 bits per heavy atom. The molecule has 0 unspecified atom stereocenters. The number of rotatable bonds is 7. The first-order chi connectivity index (χ1) is 16.2. The third-order valence-corrected chi connectivity index (χ3v) is 7.08. The van der Waals surface area contributed by atoms with Crippen molar-refractivity contribution < 1.29 is 22.6 Å². The average Bonchev–Trinajstić information content (AvgIpc) is 2.83. The van der Waals surface area contributed by atoms with Crippen molar-refractivity contribution in [3.63, 3.8) is 0 Å². The van der Waals surface area contributed by atoms with Crippen LogP contribution in [0.2, 0.25) is 0 Å². The highest BCUT2D eigenvalue weighted by Gasteiger charge is 2.20. The fourth-order valence-electron chi connectivity index (χ4n) is 3.38. The molecule has 0 aliphatic rings. The van der Waals surface area contributed by atoms with Gasteiger partial charge in [0.2, 0.25) is 5.88 Å². The van der Waals surface area contributed by atoms with E-state index in [2.05, 4.69) is 30.6 Å². The molecule has 2 aromatic carbocycles. The molecule has 0 amide bonds. The highest BCUT2D eigenvalue weighted by atomic mass is 79.9. The number of aromatic nitrogens is 2. The maximum atomic E-state index is 13.1. The Labute approximate surface area is 205 Å². The molecule has 9 nitrogen and oxygen atoms in total. The highest BCUT2D eigenvalue weighted by molar-refractivity contribution is 9.10. The molecule has 0 saturated carbocycles. The van der Waals surface area contributed by atoms with Crippen molar-refractivity contribution in [3.05, 3.63) is 59.2 Å². The van der Waals surface area contributed by atoms with Crippen molar-refractivity contribution in [1.82, 2.24) is 9.97 Å². The molecule has 0 spiro atoms. The van der Waals surface area contributed by atoms with Gasteiger partial charge in [0.1, 0.15) is 11.5 Å². The van der Waals surface area contributed by atoms with Crippen LogP contribution in [-0.4, -0.2) is 39.7 Å². The smallest absolute Gasteiger partial charge is 0.262 e. The van der Waals surface area contributed by atoms with E-state index in [1.807, 2.05) is 24.3 Å². The van der Waals surface area contributed by atoms with Gasteiger partial charge in [0.05, 0.1) is 36.2 Å². The lowest BCUT2D eigenvalue weighted by Crippen LogP contribution is -2.14. The van der Waals surface area contributed by atoms with E-state index in [4.69, 9.17) is 19.9 Å². The van der Waals surface area contributed by atoms with Crippen LogP contribution in [0.4, 0.5) is 11.5 Å². The summed E-state index contributed by atoms with van der Waals surface area (Å²) in [7, 11) is 0.343. The molecule has 0 atom stereocenters. The molecule has 34 heavy (non-hydrogen) atoms. The molecule has 0 aliphatic heterocycles. The molecule has 0 aliphatic carbocycles. The summed E-state index contributed by atoms with van der Waals surface area (Å²) >= 11 is 3.39. The Morgan fingerprint density at radius 3 is 2.38 bits per heavy atom. The van der Waals surface area contributed by atoms with Gasteiger partial charge in [-0.05, 0) is 57.9 Å². The second-order valence-electron chi connectivity index (χ2n) is 7.17. The third-order valence-electron chi connectivity index (χ3n) is 5.08. The monoisotopic (exact) mass is 544 g/mol. The summed E-state index contributed by atoms with van der Waals surface area (Å²) in [6, 6.07) is 13.5. The van der Waals surface area contributed by atoms with Crippen LogP contribution in [0.25, 0.3) is 22.0 Å². The minimum Gasteiger partial charge on any atom is -0.493 e. The Balaban J connectivity index is 1.73. The van der Waals surface area contributed by atoms with Crippen LogP contribution in [0.1, 0.15) is 0 Å². The molecule has 4 rings (SSSR count). The number of pyridine rings is 2. The van der Waals surface area contributed by atoms with E-state index >= 15 is 0 Å². The Kier molecular flexibility index (Phi) is 6.49. The third kappa shape index (κ3) is 4.57. The highest BCUT2D eigenvalue weighted by Crippen LogP contribution is 2.34. The molecule has 3 N–H and O–H groups in total. The van der Waals surface area contributed by atoms with Crippen LogP contribution in [-0.2, 0) is 10.0 Å². The second kappa shape index (κ2) is 9.35. The number of fused-ring (bicyclic) bond motifs is 1. The van der Waals surface area contributed by atoms with Crippen LogP contribution in [0.15, 0.2) is 64.1 Å². The lowest BCUT2D eigenvalue weighted by atomic mass is 10.0. The standard InChI is InChI=1S/C23H21BrN4O5S/c1-31-20-7-5-16(11-21(20)32-2)34(29,30)28-19-10-15(12-26-23(19)33-3)13-4-6-18-14(8-13)9-17(24)22(25)27-18/h4-12,28H,1-3H3,(H2,25,27). The molecule has 2 aromatic heterocycles. The van der Waals surface area contributed by atoms with Gasteiger partial charge >= 0.3 is 0 Å². The molecule has 4 aromatic rings. The Morgan fingerprint density at radius 2 is 1.68 bits per heavy atom. The summed E-state index contributed by atoms with van der Waals surface area (Å²) < 4.78 is 45.2. The van der Waals surface area contributed by atoms with Gasteiger partial charge in [-0.3, -0.25) is 4.72 Å². The van der Waals surface area contributed by atoms with Crippen molar-refractivity contribution >= 4 is 48.4 Å². The molecule has 0 fully saturated rings. The van der Waals surface area contributed by atoms with Gasteiger partial charge in [0, 0.05) is 23.2 Å². The number of nitrogens with one attached hydrogen (secondary N) is 1. The van der Waals surface area contributed by atoms with Gasteiger partial charge in [-0.15, -0.1) is 0 Å². The fourth-order valence-corrected chi connectivity index (χ4v) is 4.78. The number of nitrogens with two attached hydrogens (primary N) is 1. The number of methoxy groups -OCH3 is 3. The first kappa shape index (κ1) is 23.6. The minimum atomic E-state index is -3.98. The van der Waals surface area contributed by atoms with E-state index < -0.39 is 10.0 Å². The van der Waals surface area contributed by atoms with Gasteiger partial charge < -0.3 is 19.9 Å². The molecular weight excluding hydrogens is 524 g/mol. The Bertz CT molecular complexity index is 1490. The van der Waals surface area contributed by atoms with Gasteiger partial charge in [0.25, 0.3) is 10.0 Å². The van der Waals surface area contributed by atoms with Gasteiger partial charge in [-0.1, -0.05) is 6.07 Å². The number of halogens is 1. The molecule has 0 bridgehead atoms. The number of nitrogen functional groups attached to an aromatic ring is 1. The van der Waals surface area contributed by atoms with E-state index in [0.29, 0.717) is 27.4 Å². The van der Waals surface area contributed by atoms with Crippen LogP contribution in [0.3, 0.4) is 0 Å². The van der Waals surface area contributed by atoms with Crippen molar-refractivity contribution in [2.24, 2.45) is 0 Å². The lowest BCUT2D eigenvalue weighted by Gasteiger charge is -2.14. The van der Waals surface area contributed by atoms with E-state index in [1.165, 1.54) is 39.5 Å². The van der Waals surface area contributed by atoms with E-state index in [-0.39, 0.29) is 16.5 Å². The van der Waals surface area contributed by atoms with E-state index in [0.717, 1.165) is 16.5 Å². The lowest BCUT2D eigenvalue weighted by molar-refractivity contribution is 0.354. The second-order valence-corrected chi connectivity index (χ2v) is 9.70. The zero-order valence-electron chi connectivity index (χ0n) is 18.5. The molecular formula is C23H21BrN4O5S. The predicted octanol–water partition coefficient (Wildman–Crippen LogP) is 4.47. The molecule has 0 saturated heterocycles. The van der Waals surface area contributed by atoms with Crippen molar-refractivity contribution in [1.29, 1.82) is 0 Å².